The van der Waals surface area contributed by atoms with Gasteiger partial charge in [0.15, 0.2) is 16.6 Å². The molecule has 716 valence electrons. The summed E-state index contributed by atoms with van der Waals surface area (Å²) in [5, 5.41) is 47.9. The second-order valence-electron chi connectivity index (χ2n) is 43.4. The number of aryl methyl sites for hydroxylation is 3. The van der Waals surface area contributed by atoms with Crippen LogP contribution < -0.4 is 0 Å². The van der Waals surface area contributed by atoms with Gasteiger partial charge in [-0.25, -0.2) is 15.0 Å². The Hall–Kier alpha value is -5.96. The standard InChI is InChI=1S/2C36H55NO6SSi.C30H41NO6S.CH4/c1-12-14-25-32(39)22(2)15-13-18-36(9)30(42-36)20-27(24-16-17-28-26(19-24)37-23(3)44-28)41-31(38)21-29(35(7,8)33(25)40)43-45(10,11)34(4,5)6;1-12-14-25-32(43-45(10,11)34(4,5)6)22(2)15-13-18-36(9)30(42-36)20-27(24-16-17-28-26(19-24)37-23(3)44-28)41-31(39)21-29(38)35(7,8)33(25)40;1-7-9-20-27(34)17(2)10-8-13-30(6)25(37-30)15-22(19-11-12-23-21(14-19)31-18(3)38-23)36-26(33)16-24(32)29(4,5)28(20)35;/h12,16-17,19,22,25,27,29-30,32,39H,1,13-15,18,20-21H2,2-11H3;12,16-17,19,22,25,27,29-30,32,38H,1,13-15,18,20-21H2,2-11H3;7,11-12,14,17,20,22,24-25,27,32,34H,1,8-10,13,15-16H2,2-6H3;1H4/t2*22-,25+,27-,29-,30-,32-,36+;17-,20+,22-,24-,25?,27-,30+;/m000./s1. The number of hydrogen-bond acceptors (Lipinski definition) is 24. The number of Topliss-reactive ketones (excluding diaryl/α,β-unsaturated/α-hetero) is 3. The maximum Gasteiger partial charge on any atom is 0.309 e. The Morgan fingerprint density at radius 1 is 0.450 bits per heavy atom. The van der Waals surface area contributed by atoms with Crippen molar-refractivity contribution in [1.82, 2.24) is 15.0 Å². The molecule has 26 heteroatoms. The molecule has 9 heterocycles. The Morgan fingerprint density at radius 2 is 0.744 bits per heavy atom. The predicted molar refractivity (Wildman–Crippen MR) is 522 cm³/mol. The van der Waals surface area contributed by atoms with Crippen molar-refractivity contribution >= 4 is 117 Å². The summed E-state index contributed by atoms with van der Waals surface area (Å²) in [7, 11) is -4.69. The van der Waals surface area contributed by atoms with E-state index in [-0.39, 0.29) is 113 Å². The number of cyclic esters (lactones) is 3. The van der Waals surface area contributed by atoms with E-state index >= 15 is 0 Å². The monoisotopic (exact) mass is 1870 g/mol. The number of carbonyl (C=O) groups is 6. The molecule has 6 fully saturated rings. The molecule has 21 nitrogen and oxygen atoms in total. The van der Waals surface area contributed by atoms with E-state index in [9.17, 15) is 49.2 Å². The quantitative estimate of drug-likeness (QED) is 0.0274. The number of ketones is 3. The fourth-order valence-corrected chi connectivity index (χ4v) is 23.8. The van der Waals surface area contributed by atoms with Crippen molar-refractivity contribution in [2.75, 3.05) is 0 Å². The Labute approximate surface area is 783 Å². The largest absolute Gasteiger partial charge is 0.457 e. The zero-order chi connectivity index (χ0) is 94.9. The molecular weight excluding hydrogens is 1720 g/mol. The highest BCUT2D eigenvalue weighted by Crippen LogP contribution is 2.53. The minimum Gasteiger partial charge on any atom is -0.457 e. The SMILES string of the molecule is C.C=CC[C@H]1C(=O)C(C)(C)[C@@H](O)CC(=O)O[C@H](c2ccc3sc(C)nc3c2)CC2O[C@]2(C)CCC[C@H](C)[C@@H]1O.C=CC[C@H]1C(=O)C(C)(C)[C@@H](O)CC(=O)O[C@H](c2ccc3sc(C)nc3c2)C[C@@H]2O[C@]2(C)CCC[C@H](C)[C@@H]1O[Si](C)(C)C(C)(C)C.C=CC[C@H]1C(=O)C(C)(C)[C@@H](O[Si](C)(C)C(C)(C)C)CC(=O)O[C@H](c2ccc3sc(C)nc3c2)C[C@@H]2O[C@]2(C)CCC[C@H](C)[C@@H]1O. The van der Waals surface area contributed by atoms with Crippen LogP contribution in [0.15, 0.2) is 92.6 Å². The third-order valence-electron chi connectivity index (χ3n) is 30.0. The molecule has 1 unspecified atom stereocenters. The van der Waals surface area contributed by atoms with Crippen molar-refractivity contribution in [3.63, 3.8) is 0 Å². The number of esters is 3. The molecule has 21 atom stereocenters. The van der Waals surface area contributed by atoms with Crippen molar-refractivity contribution < 1.29 is 86.5 Å². The molecule has 0 bridgehead atoms. The van der Waals surface area contributed by atoms with E-state index in [1.54, 1.807) is 79.9 Å². The third-order valence-corrected chi connectivity index (χ3v) is 41.8. The first kappa shape index (κ1) is 107. The van der Waals surface area contributed by atoms with Gasteiger partial charge in [0.25, 0.3) is 0 Å². The van der Waals surface area contributed by atoms with Gasteiger partial charge in [-0.1, -0.05) is 167 Å². The van der Waals surface area contributed by atoms with Crippen LogP contribution in [0.5, 0.6) is 0 Å². The lowest BCUT2D eigenvalue weighted by molar-refractivity contribution is -0.158. The molecule has 6 saturated heterocycles. The van der Waals surface area contributed by atoms with E-state index in [0.717, 1.165) is 120 Å². The van der Waals surface area contributed by atoms with Crippen LogP contribution in [0.4, 0.5) is 0 Å². The van der Waals surface area contributed by atoms with Crippen LogP contribution >= 0.6 is 34.0 Å². The van der Waals surface area contributed by atoms with E-state index < -0.39 is 117 Å². The smallest absolute Gasteiger partial charge is 0.309 e. The molecule has 3 aromatic carbocycles. The first-order chi connectivity index (χ1) is 59.4. The lowest BCUT2D eigenvalue weighted by Crippen LogP contribution is -2.53. The van der Waals surface area contributed by atoms with Gasteiger partial charge in [-0.2, -0.15) is 0 Å². The van der Waals surface area contributed by atoms with E-state index in [2.05, 4.69) is 130 Å². The van der Waals surface area contributed by atoms with Crippen LogP contribution in [-0.4, -0.2) is 159 Å². The minimum atomic E-state index is -2.43. The van der Waals surface area contributed by atoms with Crippen LogP contribution in [-0.2, 0) is 66.0 Å². The molecule has 0 saturated carbocycles. The van der Waals surface area contributed by atoms with Crippen LogP contribution in [0, 0.1) is 72.5 Å². The van der Waals surface area contributed by atoms with E-state index in [1.807, 2.05) is 103 Å². The predicted octanol–water partition coefficient (Wildman–Crippen LogP) is 23.1. The second kappa shape index (κ2) is 42.1. The van der Waals surface area contributed by atoms with Crippen LogP contribution in [0.25, 0.3) is 30.6 Å². The van der Waals surface area contributed by atoms with E-state index in [1.165, 1.54) is 0 Å². The van der Waals surface area contributed by atoms with Crippen LogP contribution in [0.1, 0.15) is 298 Å². The van der Waals surface area contributed by atoms with Gasteiger partial charge in [-0.15, -0.1) is 53.7 Å². The van der Waals surface area contributed by atoms with Gasteiger partial charge in [0.05, 0.1) is 148 Å². The molecule has 0 radical (unpaired) electrons. The maximum atomic E-state index is 14.4. The summed E-state index contributed by atoms with van der Waals surface area (Å²) in [6, 6.07) is 18.0. The van der Waals surface area contributed by atoms with Gasteiger partial charge < -0.3 is 57.7 Å². The molecule has 3 aromatic heterocycles. The Morgan fingerprint density at radius 3 is 1.07 bits per heavy atom. The van der Waals surface area contributed by atoms with Gasteiger partial charge in [-0.3, -0.25) is 28.8 Å². The van der Waals surface area contributed by atoms with Crippen LogP contribution in [0.2, 0.25) is 36.3 Å². The molecule has 6 aliphatic heterocycles. The number of nitrogens with zero attached hydrogens (tertiary/aromatic N) is 3. The molecule has 6 aromatic rings. The highest BCUT2D eigenvalue weighted by Gasteiger charge is 2.58. The zero-order valence-corrected chi connectivity index (χ0v) is 85.7. The first-order valence-corrected chi connectivity index (χ1v) is 55.0. The fraction of sp³-hybridized carbons (Fsp3) is 0.680. The van der Waals surface area contributed by atoms with E-state index in [0.29, 0.717) is 38.5 Å². The number of aliphatic hydroxyl groups excluding tert-OH is 4. The Bertz CT molecular complexity index is 4940. The van der Waals surface area contributed by atoms with Crippen molar-refractivity contribution in [3.05, 3.63) is 124 Å². The summed E-state index contributed by atoms with van der Waals surface area (Å²) < 4.78 is 54.3. The topological polar surface area (TPSA) is 306 Å². The number of aromatic nitrogens is 3. The first-order valence-electron chi connectivity index (χ1n) is 46.7. The summed E-state index contributed by atoms with van der Waals surface area (Å²) in [5.41, 5.74) is 0.731. The Kier molecular flexibility index (Phi) is 34.8. The number of thiazole rings is 3. The summed E-state index contributed by atoms with van der Waals surface area (Å²) in [5.74, 6) is -3.99. The zero-order valence-electron chi connectivity index (χ0n) is 81.2. The number of allylic oxidation sites excluding steroid dienone is 3. The molecule has 0 spiro atoms. The summed E-state index contributed by atoms with van der Waals surface area (Å²) >= 11 is 4.89. The number of hydrogen-bond donors (Lipinski definition) is 4. The maximum absolute atomic E-state index is 14.4. The average Bonchev–Trinajstić information content (AvgIpc) is 1.60. The molecule has 0 aliphatic carbocycles. The molecule has 129 heavy (non-hydrogen) atoms. The van der Waals surface area contributed by atoms with Crippen molar-refractivity contribution in [2.45, 2.75) is 395 Å². The lowest BCUT2D eigenvalue weighted by atomic mass is 9.71. The van der Waals surface area contributed by atoms with Crippen LogP contribution in [0.3, 0.4) is 0 Å². The number of epoxide rings is 3. The van der Waals surface area contributed by atoms with Crippen molar-refractivity contribution in [2.24, 2.45) is 51.8 Å². The number of rotatable bonds is 13. The molecule has 12 rings (SSSR count). The molecule has 6 aliphatic rings. The molecule has 4 N–H and O–H groups in total. The number of benzene rings is 3. The fourth-order valence-electron chi connectivity index (χ4n) is 18.5. The summed E-state index contributed by atoms with van der Waals surface area (Å²) in [6.07, 6.45) is 7.49. The van der Waals surface area contributed by atoms with Crippen molar-refractivity contribution in [1.29, 1.82) is 0 Å². The number of aliphatic hydroxyl groups is 4. The lowest BCUT2D eigenvalue weighted by Gasteiger charge is -2.45. The van der Waals surface area contributed by atoms with Gasteiger partial charge >= 0.3 is 17.9 Å². The van der Waals surface area contributed by atoms with Gasteiger partial charge in [0, 0.05) is 42.4 Å². The molecule has 0 amide bonds. The molecular formula is C103H155N3O18S3Si2. The average molecular weight is 1880 g/mol. The second-order valence-corrected chi connectivity index (χ2v) is 56.6. The highest BCUT2D eigenvalue weighted by molar-refractivity contribution is 7.19. The Balaban J connectivity index is 0.000000218. The third kappa shape index (κ3) is 25.6. The highest BCUT2D eigenvalue weighted by atomic mass is 32.1. The minimum absolute atomic E-state index is 0. The summed E-state index contributed by atoms with van der Waals surface area (Å²) in [6.45, 7) is 62.3. The van der Waals surface area contributed by atoms with Gasteiger partial charge in [0.2, 0.25) is 0 Å². The number of fused-ring (bicyclic) bond motifs is 6. The van der Waals surface area contributed by atoms with E-state index in [4.69, 9.17) is 37.3 Å². The number of carbonyl (C=O) groups excluding carboxylic acids is 6. The number of ether oxygens (including phenoxy) is 6. The normalized spacial score (nSPS) is 32.7. The summed E-state index contributed by atoms with van der Waals surface area (Å²) in [4.78, 5) is 97.0. The van der Waals surface area contributed by atoms with Gasteiger partial charge in [-0.05, 0) is 206 Å². The van der Waals surface area contributed by atoms with Crippen molar-refractivity contribution in [3.8, 4) is 0 Å². The van der Waals surface area contributed by atoms with Gasteiger partial charge in [0.1, 0.15) is 35.7 Å².